The predicted molar refractivity (Wildman–Crippen MR) is 70.5 cm³/mol. The number of nitrogens with zero attached hydrogens (tertiary/aromatic N) is 2. The standard InChI is InChI=1S/C12H13N3O2S/c1-3-7-8(13)10(12(16)17-2)18-9(7)11-14-5-4-6-15-11/h4-6H,3,13H2,1-2H3. The number of thiophene rings is 1. The molecule has 0 fully saturated rings. The van der Waals surface area contributed by atoms with Gasteiger partial charge in [-0.3, -0.25) is 0 Å². The molecule has 94 valence electrons. The van der Waals surface area contributed by atoms with E-state index >= 15 is 0 Å². The molecule has 6 heteroatoms. The van der Waals surface area contributed by atoms with Crippen LogP contribution in [0.4, 0.5) is 5.69 Å². The van der Waals surface area contributed by atoms with Crippen LogP contribution in [0.2, 0.25) is 0 Å². The Labute approximate surface area is 109 Å². The molecule has 0 aromatic carbocycles. The third-order valence-corrected chi connectivity index (χ3v) is 3.76. The van der Waals surface area contributed by atoms with Gasteiger partial charge in [-0.1, -0.05) is 6.92 Å². The lowest BCUT2D eigenvalue weighted by Crippen LogP contribution is -2.02. The molecule has 0 atom stereocenters. The van der Waals surface area contributed by atoms with E-state index < -0.39 is 5.97 Å². The topological polar surface area (TPSA) is 78.1 Å². The van der Waals surface area contributed by atoms with Crippen molar-refractivity contribution in [3.8, 4) is 10.7 Å². The maximum atomic E-state index is 11.6. The molecule has 0 radical (unpaired) electrons. The van der Waals surface area contributed by atoms with Crippen LogP contribution in [0.25, 0.3) is 10.7 Å². The van der Waals surface area contributed by atoms with Gasteiger partial charge in [-0.2, -0.15) is 0 Å². The van der Waals surface area contributed by atoms with Gasteiger partial charge in [0.15, 0.2) is 5.82 Å². The molecule has 2 aromatic heterocycles. The van der Waals surface area contributed by atoms with Crippen LogP contribution in [0.3, 0.4) is 0 Å². The number of carbonyl (C=O) groups excluding carboxylic acids is 1. The van der Waals surface area contributed by atoms with Crippen LogP contribution in [0.15, 0.2) is 18.5 Å². The zero-order valence-electron chi connectivity index (χ0n) is 10.1. The molecule has 5 nitrogen and oxygen atoms in total. The molecule has 0 aliphatic carbocycles. The highest BCUT2D eigenvalue weighted by molar-refractivity contribution is 7.18. The highest BCUT2D eigenvalue weighted by Crippen LogP contribution is 2.37. The first-order valence-electron chi connectivity index (χ1n) is 5.45. The summed E-state index contributed by atoms with van der Waals surface area (Å²) >= 11 is 1.27. The van der Waals surface area contributed by atoms with E-state index in [1.54, 1.807) is 18.5 Å². The molecule has 0 aliphatic rings. The maximum Gasteiger partial charge on any atom is 0.350 e. The summed E-state index contributed by atoms with van der Waals surface area (Å²) < 4.78 is 4.72. The Morgan fingerprint density at radius 2 is 2.11 bits per heavy atom. The van der Waals surface area contributed by atoms with Crippen LogP contribution in [-0.4, -0.2) is 23.0 Å². The average molecular weight is 263 g/mol. The summed E-state index contributed by atoms with van der Waals surface area (Å²) in [6.07, 6.45) is 4.04. The van der Waals surface area contributed by atoms with Gasteiger partial charge in [-0.05, 0) is 18.1 Å². The number of hydrogen-bond acceptors (Lipinski definition) is 6. The van der Waals surface area contributed by atoms with E-state index in [2.05, 4.69) is 9.97 Å². The van der Waals surface area contributed by atoms with Gasteiger partial charge in [0, 0.05) is 12.4 Å². The molecule has 18 heavy (non-hydrogen) atoms. The summed E-state index contributed by atoms with van der Waals surface area (Å²) in [5.41, 5.74) is 7.35. The van der Waals surface area contributed by atoms with Crippen molar-refractivity contribution in [2.24, 2.45) is 0 Å². The number of methoxy groups -OCH3 is 1. The number of anilines is 1. The van der Waals surface area contributed by atoms with Gasteiger partial charge in [-0.15, -0.1) is 11.3 Å². The molecule has 0 saturated heterocycles. The van der Waals surface area contributed by atoms with Crippen molar-refractivity contribution >= 4 is 23.0 Å². The first-order valence-corrected chi connectivity index (χ1v) is 6.27. The van der Waals surface area contributed by atoms with Gasteiger partial charge in [0.05, 0.1) is 17.7 Å². The van der Waals surface area contributed by atoms with Gasteiger partial charge >= 0.3 is 5.97 Å². The zero-order chi connectivity index (χ0) is 13.1. The first kappa shape index (κ1) is 12.5. The van der Waals surface area contributed by atoms with Crippen LogP contribution >= 0.6 is 11.3 Å². The van der Waals surface area contributed by atoms with Crippen molar-refractivity contribution in [3.05, 3.63) is 28.9 Å². The molecule has 2 rings (SSSR count). The molecule has 0 bridgehead atoms. The largest absolute Gasteiger partial charge is 0.465 e. The van der Waals surface area contributed by atoms with Gasteiger partial charge in [-0.25, -0.2) is 14.8 Å². The lowest BCUT2D eigenvalue weighted by molar-refractivity contribution is 0.0607. The van der Waals surface area contributed by atoms with Crippen LogP contribution in [0, 0.1) is 0 Å². The lowest BCUT2D eigenvalue weighted by Gasteiger charge is -2.00. The highest BCUT2D eigenvalue weighted by Gasteiger charge is 2.22. The Balaban J connectivity index is 2.58. The Hall–Kier alpha value is -1.95. The van der Waals surface area contributed by atoms with E-state index in [-0.39, 0.29) is 0 Å². The Morgan fingerprint density at radius 1 is 1.44 bits per heavy atom. The number of aromatic nitrogens is 2. The van der Waals surface area contributed by atoms with Crippen molar-refractivity contribution < 1.29 is 9.53 Å². The van der Waals surface area contributed by atoms with Crippen molar-refractivity contribution in [1.29, 1.82) is 0 Å². The molecular formula is C12H13N3O2S. The van der Waals surface area contributed by atoms with Gasteiger partial charge in [0.2, 0.25) is 0 Å². The number of esters is 1. The summed E-state index contributed by atoms with van der Waals surface area (Å²) in [7, 11) is 1.34. The molecule has 2 aromatic rings. The molecule has 2 N–H and O–H groups in total. The first-order chi connectivity index (χ1) is 8.69. The third kappa shape index (κ3) is 2.06. The number of carbonyl (C=O) groups is 1. The molecule has 0 spiro atoms. The number of ether oxygens (including phenoxy) is 1. The number of hydrogen-bond donors (Lipinski definition) is 1. The Morgan fingerprint density at radius 3 is 2.67 bits per heavy atom. The van der Waals surface area contributed by atoms with E-state index in [9.17, 15) is 4.79 Å². The van der Waals surface area contributed by atoms with E-state index in [4.69, 9.17) is 10.5 Å². The van der Waals surface area contributed by atoms with E-state index in [0.717, 1.165) is 10.4 Å². The van der Waals surface area contributed by atoms with Crippen molar-refractivity contribution in [3.63, 3.8) is 0 Å². The number of rotatable bonds is 3. The third-order valence-electron chi connectivity index (χ3n) is 2.54. The molecule has 0 aliphatic heterocycles. The van der Waals surface area contributed by atoms with Crippen LogP contribution < -0.4 is 5.73 Å². The summed E-state index contributed by atoms with van der Waals surface area (Å²) in [6, 6.07) is 1.74. The summed E-state index contributed by atoms with van der Waals surface area (Å²) in [4.78, 5) is 21.2. The second-order valence-electron chi connectivity index (χ2n) is 3.57. The van der Waals surface area contributed by atoms with E-state index in [1.807, 2.05) is 6.92 Å². The molecule has 0 unspecified atom stereocenters. The van der Waals surface area contributed by atoms with Crippen molar-refractivity contribution in [2.75, 3.05) is 12.8 Å². The van der Waals surface area contributed by atoms with Crippen LogP contribution in [0.5, 0.6) is 0 Å². The lowest BCUT2D eigenvalue weighted by atomic mass is 10.1. The number of nitrogens with two attached hydrogens (primary N) is 1. The van der Waals surface area contributed by atoms with Crippen LogP contribution in [-0.2, 0) is 11.2 Å². The minimum atomic E-state index is -0.422. The quantitative estimate of drug-likeness (QED) is 0.858. The number of nitrogen functional groups attached to an aromatic ring is 1. The summed E-state index contributed by atoms with van der Waals surface area (Å²) in [6.45, 7) is 1.98. The van der Waals surface area contributed by atoms with E-state index in [1.165, 1.54) is 18.4 Å². The molecule has 2 heterocycles. The minimum Gasteiger partial charge on any atom is -0.465 e. The highest BCUT2D eigenvalue weighted by atomic mass is 32.1. The fourth-order valence-electron chi connectivity index (χ4n) is 1.67. The van der Waals surface area contributed by atoms with Gasteiger partial charge < -0.3 is 10.5 Å². The predicted octanol–water partition coefficient (Wildman–Crippen LogP) is 2.14. The smallest absolute Gasteiger partial charge is 0.350 e. The fraction of sp³-hybridized carbons (Fsp3) is 0.250. The minimum absolute atomic E-state index is 0.414. The SMILES string of the molecule is CCc1c(-c2ncccn2)sc(C(=O)OC)c1N. The Kier molecular flexibility index (Phi) is 3.57. The fourth-order valence-corrected chi connectivity index (χ4v) is 2.85. The molecular weight excluding hydrogens is 250 g/mol. The maximum absolute atomic E-state index is 11.6. The summed E-state index contributed by atoms with van der Waals surface area (Å²) in [5, 5.41) is 0. The van der Waals surface area contributed by atoms with Crippen LogP contribution in [0.1, 0.15) is 22.2 Å². The second kappa shape index (κ2) is 5.14. The monoisotopic (exact) mass is 263 g/mol. The Bertz CT molecular complexity index is 566. The molecule has 0 amide bonds. The van der Waals surface area contributed by atoms with Gasteiger partial charge in [0.25, 0.3) is 0 Å². The van der Waals surface area contributed by atoms with E-state index in [0.29, 0.717) is 22.8 Å². The van der Waals surface area contributed by atoms with Crippen molar-refractivity contribution in [2.45, 2.75) is 13.3 Å². The summed E-state index contributed by atoms with van der Waals surface area (Å²) in [5.74, 6) is 0.163. The normalized spacial score (nSPS) is 10.3. The zero-order valence-corrected chi connectivity index (χ0v) is 11.0. The van der Waals surface area contributed by atoms with Gasteiger partial charge in [0.1, 0.15) is 4.88 Å². The van der Waals surface area contributed by atoms with Crippen molar-refractivity contribution in [1.82, 2.24) is 9.97 Å². The second-order valence-corrected chi connectivity index (χ2v) is 4.59. The average Bonchev–Trinajstić information content (AvgIpc) is 2.76. The molecule has 0 saturated carbocycles.